The lowest BCUT2D eigenvalue weighted by molar-refractivity contribution is 0.134. The molecule has 1 aromatic rings. The molecule has 1 fully saturated rings. The van der Waals surface area contributed by atoms with E-state index in [9.17, 15) is 0 Å². The Bertz CT molecular complexity index is 392. The molecule has 3 atom stereocenters. The predicted molar refractivity (Wildman–Crippen MR) is 82.4 cm³/mol. The van der Waals surface area contributed by atoms with Gasteiger partial charge in [0.2, 0.25) is 0 Å². The molecular formula is C17H28N2. The standard InChI is InChI=1S/C17H28N2/c1-13-8-14(2)11-19(10-13)12-16(9-18)17-7-5-4-6-15(17)3/h4-7,13-14,16H,8-12,18H2,1-3H3. The fourth-order valence-corrected chi connectivity index (χ4v) is 3.60. The molecule has 106 valence electrons. The van der Waals surface area contributed by atoms with E-state index in [2.05, 4.69) is 49.9 Å². The van der Waals surface area contributed by atoms with Crippen molar-refractivity contribution in [3.63, 3.8) is 0 Å². The van der Waals surface area contributed by atoms with Crippen LogP contribution in [0, 0.1) is 18.8 Å². The van der Waals surface area contributed by atoms with Crippen molar-refractivity contribution in [3.05, 3.63) is 35.4 Å². The van der Waals surface area contributed by atoms with Crippen molar-refractivity contribution in [1.82, 2.24) is 4.90 Å². The molecular weight excluding hydrogens is 232 g/mol. The monoisotopic (exact) mass is 260 g/mol. The number of benzene rings is 1. The van der Waals surface area contributed by atoms with Crippen LogP contribution in [0.5, 0.6) is 0 Å². The van der Waals surface area contributed by atoms with Crippen LogP contribution < -0.4 is 5.73 Å². The lowest BCUT2D eigenvalue weighted by Crippen LogP contribution is -2.42. The molecule has 1 aromatic carbocycles. The fourth-order valence-electron chi connectivity index (χ4n) is 3.60. The van der Waals surface area contributed by atoms with Gasteiger partial charge in [0.25, 0.3) is 0 Å². The first-order chi connectivity index (χ1) is 9.10. The van der Waals surface area contributed by atoms with Crippen molar-refractivity contribution >= 4 is 0 Å². The average Bonchev–Trinajstić information content (AvgIpc) is 2.36. The van der Waals surface area contributed by atoms with Gasteiger partial charge >= 0.3 is 0 Å². The summed E-state index contributed by atoms with van der Waals surface area (Å²) in [5.41, 5.74) is 8.83. The maximum atomic E-state index is 6.03. The van der Waals surface area contributed by atoms with Crippen molar-refractivity contribution < 1.29 is 0 Å². The van der Waals surface area contributed by atoms with Crippen LogP contribution in [-0.2, 0) is 0 Å². The highest BCUT2D eigenvalue weighted by atomic mass is 15.1. The number of hydrogen-bond acceptors (Lipinski definition) is 2. The van der Waals surface area contributed by atoms with Gasteiger partial charge in [-0.15, -0.1) is 0 Å². The number of rotatable bonds is 4. The first-order valence-corrected chi connectivity index (χ1v) is 7.58. The zero-order valence-electron chi connectivity index (χ0n) is 12.6. The van der Waals surface area contributed by atoms with E-state index >= 15 is 0 Å². The van der Waals surface area contributed by atoms with Crippen LogP contribution in [0.2, 0.25) is 0 Å². The van der Waals surface area contributed by atoms with Crippen LogP contribution in [0.25, 0.3) is 0 Å². The Kier molecular flexibility index (Phi) is 5.00. The molecule has 1 saturated heterocycles. The first-order valence-electron chi connectivity index (χ1n) is 7.58. The third-order valence-corrected chi connectivity index (χ3v) is 4.34. The third-order valence-electron chi connectivity index (χ3n) is 4.34. The fraction of sp³-hybridized carbons (Fsp3) is 0.647. The number of aryl methyl sites for hydroxylation is 1. The quantitative estimate of drug-likeness (QED) is 0.901. The molecule has 2 nitrogen and oxygen atoms in total. The molecule has 3 unspecified atom stereocenters. The summed E-state index contributed by atoms with van der Waals surface area (Å²) in [5, 5.41) is 0. The van der Waals surface area contributed by atoms with E-state index in [1.807, 2.05) is 0 Å². The second-order valence-electron chi connectivity index (χ2n) is 6.45. The second-order valence-corrected chi connectivity index (χ2v) is 6.45. The molecule has 0 radical (unpaired) electrons. The van der Waals surface area contributed by atoms with Crippen molar-refractivity contribution in [3.8, 4) is 0 Å². The summed E-state index contributed by atoms with van der Waals surface area (Å²) in [6.45, 7) is 11.2. The summed E-state index contributed by atoms with van der Waals surface area (Å²) in [6.07, 6.45) is 1.37. The minimum Gasteiger partial charge on any atom is -0.330 e. The minimum atomic E-state index is 0.471. The summed E-state index contributed by atoms with van der Waals surface area (Å²) in [4.78, 5) is 2.61. The second kappa shape index (κ2) is 6.53. The molecule has 0 spiro atoms. The third kappa shape index (κ3) is 3.80. The minimum absolute atomic E-state index is 0.471. The number of hydrogen-bond donors (Lipinski definition) is 1. The molecule has 2 rings (SSSR count). The van der Waals surface area contributed by atoms with E-state index in [4.69, 9.17) is 5.73 Å². The Hall–Kier alpha value is -0.860. The molecule has 0 aromatic heterocycles. The summed E-state index contributed by atoms with van der Waals surface area (Å²) in [5.74, 6) is 2.11. The molecule has 1 aliphatic rings. The van der Waals surface area contributed by atoms with Gasteiger partial charge in [0, 0.05) is 32.1 Å². The number of nitrogens with two attached hydrogens (primary N) is 1. The Morgan fingerprint density at radius 1 is 1.21 bits per heavy atom. The van der Waals surface area contributed by atoms with Crippen LogP contribution in [0.15, 0.2) is 24.3 Å². The Balaban J connectivity index is 2.05. The highest BCUT2D eigenvalue weighted by Gasteiger charge is 2.24. The Morgan fingerprint density at radius 2 is 1.84 bits per heavy atom. The number of nitrogens with zero attached hydrogens (tertiary/aromatic N) is 1. The van der Waals surface area contributed by atoms with Crippen molar-refractivity contribution in [2.45, 2.75) is 33.1 Å². The van der Waals surface area contributed by atoms with Crippen LogP contribution in [0.3, 0.4) is 0 Å². The molecule has 0 saturated carbocycles. The van der Waals surface area contributed by atoms with Gasteiger partial charge in [-0.05, 0) is 36.3 Å². The normalized spacial score (nSPS) is 26.3. The van der Waals surface area contributed by atoms with E-state index < -0.39 is 0 Å². The lowest BCUT2D eigenvalue weighted by atomic mass is 9.89. The zero-order valence-corrected chi connectivity index (χ0v) is 12.6. The van der Waals surface area contributed by atoms with E-state index in [-0.39, 0.29) is 0 Å². The van der Waals surface area contributed by atoms with E-state index in [0.29, 0.717) is 5.92 Å². The Labute approximate surface area is 118 Å². The first kappa shape index (κ1) is 14.5. The maximum absolute atomic E-state index is 6.03. The summed E-state index contributed by atoms with van der Waals surface area (Å²) in [6, 6.07) is 8.67. The van der Waals surface area contributed by atoms with Crippen LogP contribution in [-0.4, -0.2) is 31.1 Å². The van der Waals surface area contributed by atoms with Gasteiger partial charge in [-0.25, -0.2) is 0 Å². The molecule has 1 heterocycles. The van der Waals surface area contributed by atoms with Crippen LogP contribution >= 0.6 is 0 Å². The Morgan fingerprint density at radius 3 is 2.42 bits per heavy atom. The maximum Gasteiger partial charge on any atom is 0.00914 e. The predicted octanol–water partition coefficient (Wildman–Crippen LogP) is 3.02. The van der Waals surface area contributed by atoms with Gasteiger partial charge in [0.05, 0.1) is 0 Å². The largest absolute Gasteiger partial charge is 0.330 e. The van der Waals surface area contributed by atoms with E-state index in [0.717, 1.165) is 24.9 Å². The highest BCUT2D eigenvalue weighted by Crippen LogP contribution is 2.25. The molecule has 1 aliphatic heterocycles. The average molecular weight is 260 g/mol. The lowest BCUT2D eigenvalue weighted by Gasteiger charge is -2.37. The molecule has 0 amide bonds. The van der Waals surface area contributed by atoms with Gasteiger partial charge < -0.3 is 10.6 Å². The van der Waals surface area contributed by atoms with Crippen molar-refractivity contribution in [1.29, 1.82) is 0 Å². The topological polar surface area (TPSA) is 29.3 Å². The summed E-state index contributed by atoms with van der Waals surface area (Å²) < 4.78 is 0. The SMILES string of the molecule is Cc1ccccc1C(CN)CN1CC(C)CC(C)C1. The van der Waals surface area contributed by atoms with E-state index in [1.165, 1.54) is 30.6 Å². The van der Waals surface area contributed by atoms with Gasteiger partial charge in [-0.3, -0.25) is 0 Å². The van der Waals surface area contributed by atoms with Crippen molar-refractivity contribution in [2.75, 3.05) is 26.2 Å². The van der Waals surface area contributed by atoms with Crippen LogP contribution in [0.1, 0.15) is 37.3 Å². The van der Waals surface area contributed by atoms with Gasteiger partial charge in [0.15, 0.2) is 0 Å². The smallest absolute Gasteiger partial charge is 0.00914 e. The van der Waals surface area contributed by atoms with E-state index in [1.54, 1.807) is 0 Å². The molecule has 19 heavy (non-hydrogen) atoms. The number of piperidine rings is 1. The number of likely N-dealkylation sites (tertiary alicyclic amines) is 1. The molecule has 0 aliphatic carbocycles. The molecule has 2 N–H and O–H groups in total. The van der Waals surface area contributed by atoms with Gasteiger partial charge in [-0.2, -0.15) is 0 Å². The molecule has 0 bridgehead atoms. The van der Waals surface area contributed by atoms with Crippen molar-refractivity contribution in [2.24, 2.45) is 17.6 Å². The highest BCUT2D eigenvalue weighted by molar-refractivity contribution is 5.29. The summed E-state index contributed by atoms with van der Waals surface area (Å²) >= 11 is 0. The summed E-state index contributed by atoms with van der Waals surface area (Å²) in [7, 11) is 0. The molecule has 2 heteroatoms. The van der Waals surface area contributed by atoms with Crippen LogP contribution in [0.4, 0.5) is 0 Å². The van der Waals surface area contributed by atoms with Gasteiger partial charge in [-0.1, -0.05) is 38.1 Å². The zero-order chi connectivity index (χ0) is 13.8. The van der Waals surface area contributed by atoms with Gasteiger partial charge in [0.1, 0.15) is 0 Å².